The number of halogens is 1. The number of benzene rings is 2. The van der Waals surface area contributed by atoms with E-state index >= 15 is 0 Å². The van der Waals surface area contributed by atoms with Crippen molar-refractivity contribution in [3.8, 4) is 11.6 Å². The third-order valence-electron chi connectivity index (χ3n) is 6.34. The summed E-state index contributed by atoms with van der Waals surface area (Å²) < 4.78 is 6.15. The van der Waals surface area contributed by atoms with Gasteiger partial charge in [-0.15, -0.1) is 11.8 Å². The van der Waals surface area contributed by atoms with Crippen LogP contribution in [0.2, 0.25) is 5.02 Å². The van der Waals surface area contributed by atoms with Crippen LogP contribution in [0.1, 0.15) is 59.5 Å². The first-order chi connectivity index (χ1) is 18.1. The van der Waals surface area contributed by atoms with Gasteiger partial charge in [-0.25, -0.2) is 9.97 Å². The van der Waals surface area contributed by atoms with Gasteiger partial charge in [0.2, 0.25) is 5.88 Å². The zero-order valence-corrected chi connectivity index (χ0v) is 21.8. The molecular weight excluding hydrogens is 504 g/mol. The molecule has 6 nitrogen and oxygen atoms in total. The van der Waals surface area contributed by atoms with Crippen molar-refractivity contribution in [1.82, 2.24) is 15.0 Å². The number of pyridine rings is 1. The summed E-state index contributed by atoms with van der Waals surface area (Å²) in [4.78, 5) is 25.6. The zero-order chi connectivity index (χ0) is 25.5. The first-order valence-electron chi connectivity index (χ1n) is 12.4. The molecule has 8 heteroatoms. The number of nitrogens with one attached hydrogen (secondary N) is 1. The molecule has 1 amide bonds. The van der Waals surface area contributed by atoms with Gasteiger partial charge in [-0.3, -0.25) is 9.78 Å². The third-order valence-corrected chi connectivity index (χ3v) is 7.56. The summed E-state index contributed by atoms with van der Waals surface area (Å²) in [6.07, 6.45) is 12.7. The van der Waals surface area contributed by atoms with Crippen molar-refractivity contribution >= 4 is 35.0 Å². The van der Waals surface area contributed by atoms with Crippen LogP contribution < -0.4 is 10.1 Å². The van der Waals surface area contributed by atoms with Gasteiger partial charge < -0.3 is 10.1 Å². The van der Waals surface area contributed by atoms with Gasteiger partial charge >= 0.3 is 0 Å². The third kappa shape index (κ3) is 6.87. The van der Waals surface area contributed by atoms with E-state index < -0.39 is 0 Å². The maximum atomic E-state index is 12.9. The number of hydrogen-bond acceptors (Lipinski definition) is 6. The minimum Gasteiger partial charge on any atom is -0.439 e. The molecule has 37 heavy (non-hydrogen) atoms. The molecule has 0 atom stereocenters. The van der Waals surface area contributed by atoms with E-state index in [0.717, 1.165) is 39.8 Å². The van der Waals surface area contributed by atoms with Gasteiger partial charge in [-0.05, 0) is 66.3 Å². The Kier molecular flexibility index (Phi) is 8.33. The van der Waals surface area contributed by atoms with Crippen molar-refractivity contribution in [2.75, 3.05) is 5.32 Å². The summed E-state index contributed by atoms with van der Waals surface area (Å²) >= 11 is 7.87. The fraction of sp³-hybridized carbons (Fsp3) is 0.241. The first kappa shape index (κ1) is 25.2. The highest BCUT2D eigenvalue weighted by Gasteiger charge is 2.20. The van der Waals surface area contributed by atoms with Gasteiger partial charge in [-0.2, -0.15) is 0 Å². The van der Waals surface area contributed by atoms with Crippen LogP contribution in [0.4, 0.5) is 5.69 Å². The predicted octanol–water partition coefficient (Wildman–Crippen LogP) is 7.91. The van der Waals surface area contributed by atoms with E-state index in [1.807, 2.05) is 36.4 Å². The van der Waals surface area contributed by atoms with E-state index in [1.165, 1.54) is 19.3 Å². The van der Waals surface area contributed by atoms with Crippen LogP contribution >= 0.6 is 23.4 Å². The van der Waals surface area contributed by atoms with Gasteiger partial charge in [0.05, 0.1) is 18.1 Å². The van der Waals surface area contributed by atoms with E-state index in [-0.39, 0.29) is 5.91 Å². The molecule has 0 bridgehead atoms. The van der Waals surface area contributed by atoms with Crippen LogP contribution in [-0.4, -0.2) is 20.9 Å². The van der Waals surface area contributed by atoms with Crippen molar-refractivity contribution < 1.29 is 9.53 Å². The second kappa shape index (κ2) is 12.2. The molecule has 0 saturated heterocycles. The second-order valence-corrected chi connectivity index (χ2v) is 10.4. The molecule has 1 N–H and O–H groups in total. The van der Waals surface area contributed by atoms with Crippen LogP contribution in [0.15, 0.2) is 84.4 Å². The lowest BCUT2D eigenvalue weighted by Crippen LogP contribution is -2.12. The summed E-state index contributed by atoms with van der Waals surface area (Å²) in [5.74, 6) is 2.22. The second-order valence-electron chi connectivity index (χ2n) is 8.99. The van der Waals surface area contributed by atoms with Gasteiger partial charge in [0.25, 0.3) is 5.91 Å². The van der Waals surface area contributed by atoms with Crippen LogP contribution in [-0.2, 0) is 5.75 Å². The largest absolute Gasteiger partial charge is 0.439 e. The molecule has 1 fully saturated rings. The van der Waals surface area contributed by atoms with E-state index in [9.17, 15) is 4.79 Å². The normalized spacial score (nSPS) is 13.8. The lowest BCUT2D eigenvalue weighted by Gasteiger charge is -2.24. The highest BCUT2D eigenvalue weighted by molar-refractivity contribution is 7.98. The van der Waals surface area contributed by atoms with Crippen molar-refractivity contribution in [3.63, 3.8) is 0 Å². The SMILES string of the molecule is O=C(Nc1ccc(Oc2ccc(Cl)cc2C2CCCCC2)nc1)c1cccc(CSc2cnccn2)c1. The Morgan fingerprint density at radius 1 is 1.00 bits per heavy atom. The molecule has 0 unspecified atom stereocenters. The fourth-order valence-electron chi connectivity index (χ4n) is 4.50. The molecule has 1 aliphatic rings. The number of aromatic nitrogens is 3. The van der Waals surface area contributed by atoms with Gasteiger partial charge in [0.1, 0.15) is 10.8 Å². The van der Waals surface area contributed by atoms with E-state index in [1.54, 1.807) is 54.7 Å². The molecule has 5 rings (SSSR count). The summed E-state index contributed by atoms with van der Waals surface area (Å²) in [6.45, 7) is 0. The Bertz CT molecular complexity index is 1350. The highest BCUT2D eigenvalue weighted by atomic mass is 35.5. The van der Waals surface area contributed by atoms with Gasteiger partial charge in [0, 0.05) is 34.8 Å². The monoisotopic (exact) mass is 530 g/mol. The maximum Gasteiger partial charge on any atom is 0.255 e. The zero-order valence-electron chi connectivity index (χ0n) is 20.3. The van der Waals surface area contributed by atoms with Crippen molar-refractivity contribution in [1.29, 1.82) is 0 Å². The van der Waals surface area contributed by atoms with Crippen molar-refractivity contribution in [2.24, 2.45) is 0 Å². The number of carbonyl (C=O) groups excluding carboxylic acids is 1. The number of rotatable bonds is 8. The average molecular weight is 531 g/mol. The lowest BCUT2D eigenvalue weighted by atomic mass is 9.84. The van der Waals surface area contributed by atoms with Crippen molar-refractivity contribution in [3.05, 3.63) is 101 Å². The van der Waals surface area contributed by atoms with E-state index in [0.29, 0.717) is 28.8 Å². The van der Waals surface area contributed by atoms with Gasteiger partial charge in [0.15, 0.2) is 0 Å². The number of ether oxygens (including phenoxy) is 1. The molecule has 1 saturated carbocycles. The van der Waals surface area contributed by atoms with E-state index in [2.05, 4.69) is 20.3 Å². The van der Waals surface area contributed by atoms with Crippen LogP contribution in [0.3, 0.4) is 0 Å². The molecule has 0 spiro atoms. The Hall–Kier alpha value is -3.42. The Balaban J connectivity index is 1.22. The average Bonchev–Trinajstić information content (AvgIpc) is 2.95. The smallest absolute Gasteiger partial charge is 0.255 e. The number of amides is 1. The Labute approximate surface area is 225 Å². The highest BCUT2D eigenvalue weighted by Crippen LogP contribution is 2.40. The Morgan fingerprint density at radius 3 is 2.68 bits per heavy atom. The molecule has 188 valence electrons. The topological polar surface area (TPSA) is 77.0 Å². The lowest BCUT2D eigenvalue weighted by molar-refractivity contribution is 0.102. The van der Waals surface area contributed by atoms with Crippen LogP contribution in [0, 0.1) is 0 Å². The number of thioether (sulfide) groups is 1. The van der Waals surface area contributed by atoms with Crippen molar-refractivity contribution in [2.45, 2.75) is 48.8 Å². The van der Waals surface area contributed by atoms with E-state index in [4.69, 9.17) is 16.3 Å². The minimum atomic E-state index is -0.195. The summed E-state index contributed by atoms with van der Waals surface area (Å²) in [7, 11) is 0. The minimum absolute atomic E-state index is 0.195. The number of carbonyl (C=O) groups is 1. The standard InChI is InChI=1S/C29H27ClN4O2S/c30-23-9-11-26(25(16-23)21-6-2-1-3-7-21)36-27-12-10-24(17-33-27)34-29(35)22-8-4-5-20(15-22)19-37-28-18-31-13-14-32-28/h4-5,8-18,21H,1-3,6-7,19H2,(H,34,35). The number of hydrogen-bond donors (Lipinski definition) is 1. The van der Waals surface area contributed by atoms with Gasteiger partial charge in [-0.1, -0.05) is 43.0 Å². The molecule has 1 aliphatic carbocycles. The summed E-state index contributed by atoms with van der Waals surface area (Å²) in [6, 6.07) is 16.9. The number of nitrogens with zero attached hydrogens (tertiary/aromatic N) is 3. The maximum absolute atomic E-state index is 12.9. The fourth-order valence-corrected chi connectivity index (χ4v) is 5.44. The number of anilines is 1. The van der Waals surface area contributed by atoms with Crippen LogP contribution in [0.25, 0.3) is 0 Å². The first-order valence-corrected chi connectivity index (χ1v) is 13.7. The predicted molar refractivity (Wildman–Crippen MR) is 148 cm³/mol. The molecule has 2 aromatic heterocycles. The summed E-state index contributed by atoms with van der Waals surface area (Å²) in [5, 5.41) is 4.48. The quantitative estimate of drug-likeness (QED) is 0.233. The Morgan fingerprint density at radius 2 is 1.89 bits per heavy atom. The molecule has 0 radical (unpaired) electrons. The van der Waals surface area contributed by atoms with Crippen LogP contribution in [0.5, 0.6) is 11.6 Å². The molecule has 4 aromatic rings. The summed E-state index contributed by atoms with van der Waals surface area (Å²) in [5.41, 5.74) is 3.35. The molecule has 2 aromatic carbocycles. The molecular formula is C29H27ClN4O2S. The molecule has 2 heterocycles. The molecule has 0 aliphatic heterocycles.